The van der Waals surface area contributed by atoms with E-state index in [0.29, 0.717) is 0 Å². The molecule has 0 amide bonds. The molecule has 0 bridgehead atoms. The number of hydrogen-bond acceptors (Lipinski definition) is 2. The molecule has 1 aromatic carbocycles. The van der Waals surface area contributed by atoms with E-state index in [1.165, 1.54) is 6.08 Å². The maximum absolute atomic E-state index is 10.5. The van der Waals surface area contributed by atoms with Crippen molar-refractivity contribution in [2.75, 3.05) is 0 Å². The Balaban J connectivity index is 2.44. The number of nitrogens with zero attached hydrogens (tertiary/aromatic N) is 1. The second kappa shape index (κ2) is 4.65. The number of carboxylic acid groups (broad SMARTS) is 1. The largest absolute Gasteiger partial charge is 0.478 e. The highest BCUT2D eigenvalue weighted by molar-refractivity contribution is 5.87. The standard InChI is InChI=1S/C13H12N2O2/c1-9-4-2-3-5-11(9)13-10(8-14-15-13)6-7-12(16)17/h2-8H,1H3,(H,14,15)(H,16,17)/b7-6+. The summed E-state index contributed by atoms with van der Waals surface area (Å²) in [7, 11) is 0. The van der Waals surface area contributed by atoms with E-state index in [1.54, 1.807) is 6.20 Å². The maximum atomic E-state index is 10.5. The molecule has 2 N–H and O–H groups in total. The summed E-state index contributed by atoms with van der Waals surface area (Å²) >= 11 is 0. The van der Waals surface area contributed by atoms with Crippen molar-refractivity contribution >= 4 is 12.0 Å². The molecule has 2 rings (SSSR count). The number of H-pyrrole nitrogens is 1. The number of hydrogen-bond donors (Lipinski definition) is 2. The monoisotopic (exact) mass is 228 g/mol. The Morgan fingerprint density at radius 1 is 1.41 bits per heavy atom. The van der Waals surface area contributed by atoms with Crippen molar-refractivity contribution in [3.8, 4) is 11.3 Å². The predicted molar refractivity (Wildman–Crippen MR) is 65.4 cm³/mol. The molecule has 0 saturated carbocycles. The number of aromatic amines is 1. The molecule has 0 aliphatic rings. The van der Waals surface area contributed by atoms with Crippen molar-refractivity contribution in [3.63, 3.8) is 0 Å². The second-order valence-corrected chi connectivity index (χ2v) is 3.69. The van der Waals surface area contributed by atoms with Gasteiger partial charge in [0.25, 0.3) is 0 Å². The normalized spacial score (nSPS) is 10.9. The second-order valence-electron chi connectivity index (χ2n) is 3.69. The number of aryl methyl sites for hydroxylation is 1. The van der Waals surface area contributed by atoms with E-state index in [2.05, 4.69) is 10.2 Å². The van der Waals surface area contributed by atoms with Crippen molar-refractivity contribution in [1.29, 1.82) is 0 Å². The summed E-state index contributed by atoms with van der Waals surface area (Å²) in [5.74, 6) is -0.970. The number of aromatic nitrogens is 2. The summed E-state index contributed by atoms with van der Waals surface area (Å²) in [6, 6.07) is 7.87. The van der Waals surface area contributed by atoms with Gasteiger partial charge < -0.3 is 5.11 Å². The molecule has 0 saturated heterocycles. The van der Waals surface area contributed by atoms with Crippen molar-refractivity contribution in [2.24, 2.45) is 0 Å². The summed E-state index contributed by atoms with van der Waals surface area (Å²) in [6.07, 6.45) is 4.25. The fraction of sp³-hybridized carbons (Fsp3) is 0.0769. The molecule has 0 fully saturated rings. The topological polar surface area (TPSA) is 66.0 Å². The molecule has 0 spiro atoms. The van der Waals surface area contributed by atoms with Gasteiger partial charge in [0.1, 0.15) is 0 Å². The Labute approximate surface area is 98.6 Å². The van der Waals surface area contributed by atoms with Gasteiger partial charge in [-0.2, -0.15) is 5.10 Å². The third-order valence-electron chi connectivity index (χ3n) is 2.49. The lowest BCUT2D eigenvalue weighted by Gasteiger charge is -2.03. The summed E-state index contributed by atoms with van der Waals surface area (Å²) in [5.41, 5.74) is 3.74. The molecule has 0 aliphatic carbocycles. The minimum absolute atomic E-state index is 0.765. The zero-order chi connectivity index (χ0) is 12.3. The van der Waals surface area contributed by atoms with E-state index >= 15 is 0 Å². The van der Waals surface area contributed by atoms with Gasteiger partial charge in [-0.25, -0.2) is 4.79 Å². The number of benzene rings is 1. The first-order valence-electron chi connectivity index (χ1n) is 5.19. The van der Waals surface area contributed by atoms with Crippen LogP contribution in [0.4, 0.5) is 0 Å². The Bertz CT molecular complexity index is 570. The number of nitrogens with one attached hydrogen (secondary N) is 1. The fourth-order valence-corrected chi connectivity index (χ4v) is 1.65. The van der Waals surface area contributed by atoms with Crippen LogP contribution < -0.4 is 0 Å². The van der Waals surface area contributed by atoms with Crippen LogP contribution in [0.5, 0.6) is 0 Å². The van der Waals surface area contributed by atoms with Crippen LogP contribution in [0.3, 0.4) is 0 Å². The van der Waals surface area contributed by atoms with Gasteiger partial charge in [0.05, 0.1) is 11.9 Å². The van der Waals surface area contributed by atoms with E-state index in [-0.39, 0.29) is 0 Å². The SMILES string of the molecule is Cc1ccccc1-c1[nH]ncc1/C=C/C(=O)O. The average molecular weight is 228 g/mol. The average Bonchev–Trinajstić information content (AvgIpc) is 2.75. The molecular weight excluding hydrogens is 216 g/mol. The molecule has 2 aromatic rings. The van der Waals surface area contributed by atoms with Crippen molar-refractivity contribution in [3.05, 3.63) is 47.7 Å². The molecule has 0 atom stereocenters. The summed E-state index contributed by atoms with van der Waals surface area (Å²) in [4.78, 5) is 10.5. The first-order chi connectivity index (χ1) is 8.18. The number of aliphatic carboxylic acids is 1. The summed E-state index contributed by atoms with van der Waals surface area (Å²) in [5, 5.41) is 15.5. The predicted octanol–water partition coefficient (Wildman–Crippen LogP) is 2.48. The van der Waals surface area contributed by atoms with E-state index in [9.17, 15) is 4.79 Å². The lowest BCUT2D eigenvalue weighted by atomic mass is 10.0. The Morgan fingerprint density at radius 2 is 2.18 bits per heavy atom. The Kier molecular flexibility index (Phi) is 3.05. The van der Waals surface area contributed by atoms with Gasteiger partial charge in [0, 0.05) is 17.2 Å². The highest BCUT2D eigenvalue weighted by Crippen LogP contribution is 2.25. The van der Waals surface area contributed by atoms with Gasteiger partial charge >= 0.3 is 5.97 Å². The van der Waals surface area contributed by atoms with Crippen LogP contribution in [0.15, 0.2) is 36.5 Å². The Morgan fingerprint density at radius 3 is 2.88 bits per heavy atom. The molecular formula is C13H12N2O2. The lowest BCUT2D eigenvalue weighted by molar-refractivity contribution is -0.131. The van der Waals surface area contributed by atoms with Crippen molar-refractivity contribution < 1.29 is 9.90 Å². The molecule has 17 heavy (non-hydrogen) atoms. The first kappa shape index (κ1) is 11.1. The van der Waals surface area contributed by atoms with Crippen LogP contribution in [0.25, 0.3) is 17.3 Å². The molecule has 4 nitrogen and oxygen atoms in total. The maximum Gasteiger partial charge on any atom is 0.328 e. The van der Waals surface area contributed by atoms with Crippen LogP contribution in [0.1, 0.15) is 11.1 Å². The molecule has 1 aromatic heterocycles. The number of carbonyl (C=O) groups is 1. The van der Waals surface area contributed by atoms with Crippen LogP contribution >= 0.6 is 0 Å². The zero-order valence-corrected chi connectivity index (χ0v) is 9.34. The highest BCUT2D eigenvalue weighted by Gasteiger charge is 2.07. The minimum Gasteiger partial charge on any atom is -0.478 e. The molecule has 4 heteroatoms. The van der Waals surface area contributed by atoms with Crippen molar-refractivity contribution in [1.82, 2.24) is 10.2 Å². The molecule has 86 valence electrons. The van der Waals surface area contributed by atoms with Crippen LogP contribution in [0, 0.1) is 6.92 Å². The molecule has 0 unspecified atom stereocenters. The van der Waals surface area contributed by atoms with Gasteiger partial charge in [0.2, 0.25) is 0 Å². The lowest BCUT2D eigenvalue weighted by Crippen LogP contribution is -1.87. The molecule has 0 aliphatic heterocycles. The quantitative estimate of drug-likeness (QED) is 0.793. The minimum atomic E-state index is -0.970. The van der Waals surface area contributed by atoms with E-state index in [0.717, 1.165) is 28.5 Å². The van der Waals surface area contributed by atoms with E-state index < -0.39 is 5.97 Å². The van der Waals surface area contributed by atoms with Gasteiger partial charge in [-0.1, -0.05) is 24.3 Å². The van der Waals surface area contributed by atoms with Crippen molar-refractivity contribution in [2.45, 2.75) is 6.92 Å². The van der Waals surface area contributed by atoms with Crippen LogP contribution in [-0.2, 0) is 4.79 Å². The zero-order valence-electron chi connectivity index (χ0n) is 9.34. The molecule has 0 radical (unpaired) electrons. The Hall–Kier alpha value is -2.36. The highest BCUT2D eigenvalue weighted by atomic mass is 16.4. The van der Waals surface area contributed by atoms with Gasteiger partial charge in [0.15, 0.2) is 0 Å². The number of carboxylic acids is 1. The third-order valence-corrected chi connectivity index (χ3v) is 2.49. The van der Waals surface area contributed by atoms with E-state index in [1.807, 2.05) is 31.2 Å². The van der Waals surface area contributed by atoms with Gasteiger partial charge in [-0.3, -0.25) is 5.10 Å². The van der Waals surface area contributed by atoms with E-state index in [4.69, 9.17) is 5.11 Å². The summed E-state index contributed by atoms with van der Waals surface area (Å²) in [6.45, 7) is 2.00. The third kappa shape index (κ3) is 2.42. The fourth-order valence-electron chi connectivity index (χ4n) is 1.65. The summed E-state index contributed by atoms with van der Waals surface area (Å²) < 4.78 is 0. The first-order valence-corrected chi connectivity index (χ1v) is 5.19. The van der Waals surface area contributed by atoms with Gasteiger partial charge in [-0.05, 0) is 18.6 Å². The molecule has 1 heterocycles. The van der Waals surface area contributed by atoms with Crippen LogP contribution in [0.2, 0.25) is 0 Å². The smallest absolute Gasteiger partial charge is 0.328 e. The number of rotatable bonds is 3. The van der Waals surface area contributed by atoms with Gasteiger partial charge in [-0.15, -0.1) is 0 Å². The van der Waals surface area contributed by atoms with Crippen LogP contribution in [-0.4, -0.2) is 21.3 Å².